The summed E-state index contributed by atoms with van der Waals surface area (Å²) in [6, 6.07) is 3.27. The summed E-state index contributed by atoms with van der Waals surface area (Å²) in [5.74, 6) is 0.402. The molecule has 11 heteroatoms. The molecule has 0 radical (unpaired) electrons. The summed E-state index contributed by atoms with van der Waals surface area (Å²) < 4.78 is 46.6. The number of carbonyl (C=O) groups excluding carboxylic acids is 1. The molecule has 1 aromatic carbocycles. The molecule has 1 fully saturated rings. The molecule has 3 atom stereocenters. The molecule has 1 aliphatic heterocycles. The Kier molecular flexibility index (Phi) is 9.49. The molecule has 2 aromatic rings. The number of carbonyl (C=O) groups is 1. The van der Waals surface area contributed by atoms with Gasteiger partial charge in [-0.1, -0.05) is 25.4 Å². The number of nitrogens with zero attached hydrogens (tertiary/aromatic N) is 4. The second-order valence-electron chi connectivity index (χ2n) is 9.26. The molecule has 1 aromatic heterocycles. The van der Waals surface area contributed by atoms with E-state index in [4.69, 9.17) is 16.3 Å². The molecule has 0 bridgehead atoms. The van der Waals surface area contributed by atoms with Crippen LogP contribution in [0.4, 0.5) is 23.9 Å². The van der Waals surface area contributed by atoms with Crippen molar-refractivity contribution in [1.29, 1.82) is 0 Å². The number of anilines is 1. The van der Waals surface area contributed by atoms with Gasteiger partial charge in [0.25, 0.3) is 0 Å². The van der Waals surface area contributed by atoms with Crippen LogP contribution in [-0.2, 0) is 17.5 Å². The molecule has 1 aliphatic rings. The van der Waals surface area contributed by atoms with Crippen LogP contribution < -0.4 is 4.90 Å². The Bertz CT molecular complexity index is 1020. The van der Waals surface area contributed by atoms with Crippen LogP contribution in [0.25, 0.3) is 0 Å². The highest BCUT2D eigenvalue weighted by atomic mass is 79.9. The van der Waals surface area contributed by atoms with Gasteiger partial charge in [0.1, 0.15) is 0 Å². The van der Waals surface area contributed by atoms with E-state index in [0.29, 0.717) is 41.7 Å². The van der Waals surface area contributed by atoms with E-state index in [9.17, 15) is 18.0 Å². The Morgan fingerprint density at radius 2 is 1.75 bits per heavy atom. The summed E-state index contributed by atoms with van der Waals surface area (Å²) >= 11 is 9.40. The molecule has 36 heavy (non-hydrogen) atoms. The van der Waals surface area contributed by atoms with Crippen LogP contribution in [0, 0.1) is 0 Å². The minimum absolute atomic E-state index is 0.0145. The molecule has 0 unspecified atom stereocenters. The highest BCUT2D eigenvalue weighted by Gasteiger charge is 2.41. The first kappa shape index (κ1) is 28.5. The maximum atomic E-state index is 13.5. The number of rotatable bonds is 7. The largest absolute Gasteiger partial charge is 0.447 e. The van der Waals surface area contributed by atoms with Crippen molar-refractivity contribution in [3.8, 4) is 0 Å². The molecule has 2 heterocycles. The summed E-state index contributed by atoms with van der Waals surface area (Å²) in [6.07, 6.45) is 0.771. The first-order chi connectivity index (χ1) is 16.9. The number of ether oxygens (including phenoxy) is 1. The maximum Gasteiger partial charge on any atom is 0.416 e. The molecule has 6 nitrogen and oxygen atoms in total. The minimum Gasteiger partial charge on any atom is -0.447 e. The van der Waals surface area contributed by atoms with Gasteiger partial charge >= 0.3 is 12.3 Å². The van der Waals surface area contributed by atoms with Gasteiger partial charge < -0.3 is 14.5 Å². The van der Waals surface area contributed by atoms with Gasteiger partial charge in [-0.15, -0.1) is 0 Å². The van der Waals surface area contributed by atoms with Gasteiger partial charge in [0.05, 0.1) is 16.1 Å². The Labute approximate surface area is 223 Å². The molecule has 0 N–H and O–H groups in total. The van der Waals surface area contributed by atoms with E-state index in [0.717, 1.165) is 12.1 Å². The standard InChI is InChI=1S/C25H31BrClF3N4O2/c1-5-20-10-22(11-21(6-2)34(20)24(35)36-15(3)4)33(23-31-12-18(26)13-32-23)14-16-7-17(25(28,29)30)9-19(27)8-16/h7-9,12-13,15,20-22H,5-6,10-11,14H2,1-4H3/t20-,21+,22-. The Morgan fingerprint density at radius 1 is 1.17 bits per heavy atom. The zero-order valence-corrected chi connectivity index (χ0v) is 23.1. The molecule has 1 amide bonds. The zero-order valence-electron chi connectivity index (χ0n) is 20.7. The lowest BCUT2D eigenvalue weighted by molar-refractivity contribution is -0.137. The molecule has 3 rings (SSSR count). The summed E-state index contributed by atoms with van der Waals surface area (Å²) in [5, 5.41) is 0.0145. The van der Waals surface area contributed by atoms with Crippen LogP contribution in [0.1, 0.15) is 64.5 Å². The van der Waals surface area contributed by atoms with Crippen molar-refractivity contribution in [3.63, 3.8) is 0 Å². The Balaban J connectivity index is 1.98. The van der Waals surface area contributed by atoms with Gasteiger partial charge in [0, 0.05) is 42.1 Å². The van der Waals surface area contributed by atoms with E-state index < -0.39 is 11.7 Å². The van der Waals surface area contributed by atoms with Crippen molar-refractivity contribution in [2.45, 2.75) is 90.3 Å². The van der Waals surface area contributed by atoms with E-state index >= 15 is 0 Å². The quantitative estimate of drug-likeness (QED) is 0.334. The fraction of sp³-hybridized carbons (Fsp3) is 0.560. The number of likely N-dealkylation sites (tertiary alicyclic amines) is 1. The SMILES string of the molecule is CC[C@@H]1C[C@@H](N(Cc2cc(Cl)cc(C(F)(F)F)c2)c2ncc(Br)cn2)C[C@H](CC)N1C(=O)OC(C)C. The van der Waals surface area contributed by atoms with Gasteiger partial charge in [-0.2, -0.15) is 13.2 Å². The second-order valence-corrected chi connectivity index (χ2v) is 10.6. The summed E-state index contributed by atoms with van der Waals surface area (Å²) in [5.41, 5.74) is -0.394. The number of amides is 1. The molecule has 0 saturated carbocycles. The molecular weight excluding hydrogens is 561 g/mol. The number of halogens is 5. The number of aromatic nitrogens is 2. The average Bonchev–Trinajstić information content (AvgIpc) is 2.81. The monoisotopic (exact) mass is 590 g/mol. The number of hydrogen-bond acceptors (Lipinski definition) is 5. The van der Waals surface area contributed by atoms with Gasteiger partial charge in [-0.05, 0) is 79.2 Å². The third-order valence-electron chi connectivity index (χ3n) is 6.31. The van der Waals surface area contributed by atoms with E-state index in [2.05, 4.69) is 25.9 Å². The number of piperidine rings is 1. The lowest BCUT2D eigenvalue weighted by atomic mass is 9.87. The number of hydrogen-bond donors (Lipinski definition) is 0. The van der Waals surface area contributed by atoms with Crippen molar-refractivity contribution >= 4 is 39.6 Å². The van der Waals surface area contributed by atoms with Crippen molar-refractivity contribution < 1.29 is 22.7 Å². The van der Waals surface area contributed by atoms with Crippen LogP contribution in [0.3, 0.4) is 0 Å². The Morgan fingerprint density at radius 3 is 2.25 bits per heavy atom. The molecule has 1 saturated heterocycles. The molecule has 198 valence electrons. The number of benzene rings is 1. The lowest BCUT2D eigenvalue weighted by Gasteiger charge is -2.47. The minimum atomic E-state index is -4.51. The smallest absolute Gasteiger partial charge is 0.416 e. The molecule has 0 spiro atoms. The zero-order chi connectivity index (χ0) is 26.6. The van der Waals surface area contributed by atoms with Crippen LogP contribution in [-0.4, -0.2) is 45.2 Å². The average molecular weight is 592 g/mol. The van der Waals surface area contributed by atoms with Crippen molar-refractivity contribution in [1.82, 2.24) is 14.9 Å². The fourth-order valence-electron chi connectivity index (χ4n) is 4.71. The van der Waals surface area contributed by atoms with E-state index in [1.54, 1.807) is 12.4 Å². The van der Waals surface area contributed by atoms with Gasteiger partial charge in [0.2, 0.25) is 5.95 Å². The van der Waals surface area contributed by atoms with E-state index in [1.807, 2.05) is 37.5 Å². The van der Waals surface area contributed by atoms with E-state index in [-0.39, 0.29) is 41.9 Å². The highest BCUT2D eigenvalue weighted by molar-refractivity contribution is 9.10. The van der Waals surface area contributed by atoms with Gasteiger partial charge in [-0.25, -0.2) is 14.8 Å². The normalized spacial score (nSPS) is 20.5. The molecular formula is C25H31BrClF3N4O2. The topological polar surface area (TPSA) is 58.6 Å². The van der Waals surface area contributed by atoms with Crippen LogP contribution in [0.5, 0.6) is 0 Å². The van der Waals surface area contributed by atoms with Crippen molar-refractivity contribution in [3.05, 3.63) is 51.2 Å². The van der Waals surface area contributed by atoms with E-state index in [1.165, 1.54) is 6.07 Å². The Hall–Kier alpha value is -2.07. The maximum absolute atomic E-state index is 13.5. The lowest BCUT2D eigenvalue weighted by Crippen LogP contribution is -2.57. The first-order valence-electron chi connectivity index (χ1n) is 12.0. The van der Waals surface area contributed by atoms with Gasteiger partial charge in [0.15, 0.2) is 0 Å². The summed E-state index contributed by atoms with van der Waals surface area (Å²) in [7, 11) is 0. The molecule has 0 aliphatic carbocycles. The predicted molar refractivity (Wildman–Crippen MR) is 137 cm³/mol. The first-order valence-corrected chi connectivity index (χ1v) is 13.2. The van der Waals surface area contributed by atoms with Crippen LogP contribution in [0.15, 0.2) is 35.1 Å². The fourth-order valence-corrected chi connectivity index (χ4v) is 5.17. The summed E-state index contributed by atoms with van der Waals surface area (Å²) in [6.45, 7) is 7.81. The predicted octanol–water partition coefficient (Wildman–Crippen LogP) is 7.48. The van der Waals surface area contributed by atoms with Gasteiger partial charge in [-0.3, -0.25) is 0 Å². The van der Waals surface area contributed by atoms with Crippen LogP contribution >= 0.6 is 27.5 Å². The highest BCUT2D eigenvalue weighted by Crippen LogP contribution is 2.35. The van der Waals surface area contributed by atoms with Crippen LogP contribution in [0.2, 0.25) is 5.02 Å². The third-order valence-corrected chi connectivity index (χ3v) is 6.93. The van der Waals surface area contributed by atoms with Crippen molar-refractivity contribution in [2.75, 3.05) is 4.90 Å². The second kappa shape index (κ2) is 12.0. The summed E-state index contributed by atoms with van der Waals surface area (Å²) in [4.78, 5) is 25.6. The van der Waals surface area contributed by atoms with Crippen molar-refractivity contribution in [2.24, 2.45) is 0 Å². The third kappa shape index (κ3) is 7.03. The number of alkyl halides is 3.